The lowest BCUT2D eigenvalue weighted by molar-refractivity contribution is -0.114. The predicted octanol–water partition coefficient (Wildman–Crippen LogP) is 3.02. The van der Waals surface area contributed by atoms with Crippen molar-refractivity contribution in [1.29, 1.82) is 0 Å². The van der Waals surface area contributed by atoms with E-state index in [4.69, 9.17) is 5.73 Å². The van der Waals surface area contributed by atoms with Crippen LogP contribution in [-0.2, 0) is 4.79 Å². The third-order valence-corrected chi connectivity index (χ3v) is 2.69. The third-order valence-electron chi connectivity index (χ3n) is 2.69. The van der Waals surface area contributed by atoms with Crippen molar-refractivity contribution in [3.8, 4) is 0 Å². The Morgan fingerprint density at radius 2 is 2.00 bits per heavy atom. The minimum atomic E-state index is -0.298. The summed E-state index contributed by atoms with van der Waals surface area (Å²) in [5.41, 5.74) is 5.83. The van der Waals surface area contributed by atoms with Crippen LogP contribution < -0.4 is 5.73 Å². The summed E-state index contributed by atoms with van der Waals surface area (Å²) < 4.78 is 0. The summed E-state index contributed by atoms with van der Waals surface area (Å²) in [7, 11) is 0. The van der Waals surface area contributed by atoms with Gasteiger partial charge in [0, 0.05) is 5.57 Å². The molecule has 0 bridgehead atoms. The molecule has 0 aliphatic carbocycles. The van der Waals surface area contributed by atoms with E-state index in [0.29, 0.717) is 5.57 Å². The topological polar surface area (TPSA) is 43.1 Å². The van der Waals surface area contributed by atoms with Gasteiger partial charge in [0.25, 0.3) is 0 Å². The first kappa shape index (κ1) is 13.2. The number of carbonyl (C=O) groups is 1. The van der Waals surface area contributed by atoms with Crippen molar-refractivity contribution in [1.82, 2.24) is 0 Å². The lowest BCUT2D eigenvalue weighted by Gasteiger charge is -2.11. The Bertz CT molecular complexity index is 196. The lowest BCUT2D eigenvalue weighted by atomic mass is 9.95. The highest BCUT2D eigenvalue weighted by molar-refractivity contribution is 5.91. The van der Waals surface area contributed by atoms with Crippen molar-refractivity contribution < 1.29 is 4.79 Å². The molecule has 0 radical (unpaired) electrons. The summed E-state index contributed by atoms with van der Waals surface area (Å²) in [4.78, 5) is 10.7. The van der Waals surface area contributed by atoms with Crippen LogP contribution >= 0.6 is 0 Å². The molecule has 0 spiro atoms. The largest absolute Gasteiger partial charge is 0.366 e. The normalized spacial score (nSPS) is 14.1. The Morgan fingerprint density at radius 3 is 2.43 bits per heavy atom. The van der Waals surface area contributed by atoms with Crippen LogP contribution in [-0.4, -0.2) is 5.91 Å². The van der Waals surface area contributed by atoms with Gasteiger partial charge in [-0.3, -0.25) is 4.79 Å². The first-order valence-electron chi connectivity index (χ1n) is 5.58. The molecule has 1 unspecified atom stereocenters. The number of allylic oxidation sites excluding steroid dienone is 1. The van der Waals surface area contributed by atoms with Crippen LogP contribution in [0.15, 0.2) is 11.6 Å². The summed E-state index contributed by atoms with van der Waals surface area (Å²) in [5.74, 6) is 0.505. The molecule has 0 aromatic carbocycles. The highest BCUT2D eigenvalue weighted by atomic mass is 16.1. The van der Waals surface area contributed by atoms with Crippen LogP contribution in [0.1, 0.15) is 52.9 Å². The van der Waals surface area contributed by atoms with Crippen LogP contribution in [0, 0.1) is 5.92 Å². The van der Waals surface area contributed by atoms with E-state index in [0.717, 1.165) is 12.3 Å². The monoisotopic (exact) mass is 197 g/mol. The second-order valence-electron chi connectivity index (χ2n) is 3.89. The Morgan fingerprint density at radius 1 is 1.36 bits per heavy atom. The van der Waals surface area contributed by atoms with E-state index < -0.39 is 0 Å². The lowest BCUT2D eigenvalue weighted by Crippen LogP contribution is -2.11. The SMILES string of the molecule is CCCC(CC)CC/C=C(\C)C(N)=O. The van der Waals surface area contributed by atoms with Crippen LogP contribution in [0.2, 0.25) is 0 Å². The molecule has 2 nitrogen and oxygen atoms in total. The summed E-state index contributed by atoms with van der Waals surface area (Å²) in [6.45, 7) is 6.22. The second-order valence-corrected chi connectivity index (χ2v) is 3.89. The van der Waals surface area contributed by atoms with Crippen molar-refractivity contribution in [3.05, 3.63) is 11.6 Å². The highest BCUT2D eigenvalue weighted by Gasteiger charge is 2.04. The van der Waals surface area contributed by atoms with Crippen molar-refractivity contribution >= 4 is 5.91 Å². The van der Waals surface area contributed by atoms with E-state index >= 15 is 0 Å². The van der Waals surface area contributed by atoms with Gasteiger partial charge >= 0.3 is 0 Å². The highest BCUT2D eigenvalue weighted by Crippen LogP contribution is 2.17. The average Bonchev–Trinajstić information content (AvgIpc) is 2.16. The van der Waals surface area contributed by atoms with Crippen molar-refractivity contribution in [2.24, 2.45) is 11.7 Å². The zero-order valence-corrected chi connectivity index (χ0v) is 9.68. The zero-order valence-electron chi connectivity index (χ0n) is 9.68. The molecule has 0 aliphatic rings. The van der Waals surface area contributed by atoms with E-state index in [1.165, 1.54) is 25.7 Å². The average molecular weight is 197 g/mol. The fourth-order valence-electron chi connectivity index (χ4n) is 1.60. The molecule has 0 heterocycles. The fraction of sp³-hybridized carbons (Fsp3) is 0.750. The Balaban J connectivity index is 3.80. The van der Waals surface area contributed by atoms with Gasteiger partial charge in [-0.2, -0.15) is 0 Å². The van der Waals surface area contributed by atoms with Gasteiger partial charge < -0.3 is 5.73 Å². The van der Waals surface area contributed by atoms with Crippen LogP contribution in [0.25, 0.3) is 0 Å². The molecule has 0 rings (SSSR count). The Kier molecular flexibility index (Phi) is 7.17. The van der Waals surface area contributed by atoms with Crippen LogP contribution in [0.5, 0.6) is 0 Å². The van der Waals surface area contributed by atoms with Gasteiger partial charge in [-0.15, -0.1) is 0 Å². The van der Waals surface area contributed by atoms with Gasteiger partial charge in [-0.1, -0.05) is 39.2 Å². The van der Waals surface area contributed by atoms with E-state index in [1.54, 1.807) is 6.92 Å². The fourth-order valence-corrected chi connectivity index (χ4v) is 1.60. The van der Waals surface area contributed by atoms with E-state index in [1.807, 2.05) is 6.08 Å². The number of primary amides is 1. The maximum atomic E-state index is 10.7. The number of carbonyl (C=O) groups excluding carboxylic acids is 1. The molecule has 1 atom stereocenters. The summed E-state index contributed by atoms with van der Waals surface area (Å²) in [5, 5.41) is 0. The van der Waals surface area contributed by atoms with Gasteiger partial charge in [-0.05, 0) is 25.7 Å². The van der Waals surface area contributed by atoms with Gasteiger partial charge in [0.1, 0.15) is 0 Å². The summed E-state index contributed by atoms with van der Waals surface area (Å²) in [6, 6.07) is 0. The van der Waals surface area contributed by atoms with E-state index in [-0.39, 0.29) is 5.91 Å². The molecule has 0 saturated heterocycles. The minimum Gasteiger partial charge on any atom is -0.366 e. The van der Waals surface area contributed by atoms with Gasteiger partial charge in [0.2, 0.25) is 5.91 Å². The first-order valence-corrected chi connectivity index (χ1v) is 5.58. The molecule has 0 fully saturated rings. The minimum absolute atomic E-state index is 0.298. The third kappa shape index (κ3) is 5.79. The molecule has 0 saturated carbocycles. The molecule has 14 heavy (non-hydrogen) atoms. The van der Waals surface area contributed by atoms with E-state index in [2.05, 4.69) is 13.8 Å². The number of hydrogen-bond acceptors (Lipinski definition) is 1. The molecule has 0 aromatic heterocycles. The predicted molar refractivity (Wildman–Crippen MR) is 60.9 cm³/mol. The van der Waals surface area contributed by atoms with Gasteiger partial charge in [-0.25, -0.2) is 0 Å². The van der Waals surface area contributed by atoms with Crippen molar-refractivity contribution in [2.45, 2.75) is 52.9 Å². The van der Waals surface area contributed by atoms with Crippen molar-refractivity contribution in [2.75, 3.05) is 0 Å². The molecule has 2 heteroatoms. The quantitative estimate of drug-likeness (QED) is 0.626. The molecule has 1 amide bonds. The molecule has 0 aliphatic heterocycles. The number of rotatable bonds is 7. The Labute approximate surface area is 87.6 Å². The van der Waals surface area contributed by atoms with Crippen LogP contribution in [0.4, 0.5) is 0 Å². The zero-order chi connectivity index (χ0) is 11.0. The summed E-state index contributed by atoms with van der Waals surface area (Å²) >= 11 is 0. The van der Waals surface area contributed by atoms with Gasteiger partial charge in [0.05, 0.1) is 0 Å². The Hall–Kier alpha value is -0.790. The summed E-state index contributed by atoms with van der Waals surface area (Å²) in [6.07, 6.45) is 7.89. The molecule has 2 N–H and O–H groups in total. The van der Waals surface area contributed by atoms with Gasteiger partial charge in [0.15, 0.2) is 0 Å². The first-order chi connectivity index (χ1) is 6.61. The molecular formula is C12H23NO. The molecule has 0 aromatic rings. The number of hydrogen-bond donors (Lipinski definition) is 1. The number of amides is 1. The second kappa shape index (κ2) is 7.60. The maximum absolute atomic E-state index is 10.7. The smallest absolute Gasteiger partial charge is 0.244 e. The molecule has 82 valence electrons. The maximum Gasteiger partial charge on any atom is 0.244 e. The van der Waals surface area contributed by atoms with Crippen molar-refractivity contribution in [3.63, 3.8) is 0 Å². The molecular weight excluding hydrogens is 174 g/mol. The van der Waals surface area contributed by atoms with Crippen LogP contribution in [0.3, 0.4) is 0 Å². The standard InChI is InChI=1S/C12H23NO/c1-4-7-11(5-2)9-6-8-10(3)12(13)14/h8,11H,4-7,9H2,1-3H3,(H2,13,14)/b10-8+. The van der Waals surface area contributed by atoms with E-state index in [9.17, 15) is 4.79 Å². The number of nitrogens with two attached hydrogens (primary N) is 1.